The van der Waals surface area contributed by atoms with Gasteiger partial charge in [0, 0.05) is 0 Å². The summed E-state index contributed by atoms with van der Waals surface area (Å²) in [7, 11) is 0. The van der Waals surface area contributed by atoms with Crippen molar-refractivity contribution in [3.05, 3.63) is 0 Å². The minimum Gasteiger partial charge on any atom is -1.00 e. The maximum atomic E-state index is 0. The predicted octanol–water partition coefficient (Wildman–Crippen LogP) is -55.5. The van der Waals surface area contributed by atoms with Gasteiger partial charge in [0.2, 0.25) is 0 Å². The molecule has 0 heterocycles. The Hall–Kier alpha value is 1.31. The molecule has 0 saturated heterocycles. The maximum absolute atomic E-state index is 0. The number of halogens is 17. The molecule has 0 N–H and O–H groups in total. The molecule has 0 aliphatic carbocycles. The van der Waals surface area contributed by atoms with E-state index >= 15 is 0 Å². The first-order valence-electron chi connectivity index (χ1n) is 0. The number of hydrogen-bond donors (Lipinski definition) is 0. The second kappa shape index (κ2) is 5870. The van der Waals surface area contributed by atoms with Crippen molar-refractivity contribution in [2.24, 2.45) is 0 Å². The third-order valence-electron chi connectivity index (χ3n) is 0. The zero-order valence-corrected chi connectivity index (χ0v) is 16.5. The molecule has 0 amide bonds. The molecule has 0 aromatic rings. The zero-order valence-electron chi connectivity index (χ0n) is 9.43. The molecule has 0 saturated carbocycles. The topological polar surface area (TPSA) is 0 Å². The summed E-state index contributed by atoms with van der Waals surface area (Å²) in [6.45, 7) is 0. The molecular formula is F17KSi4. The van der Waals surface area contributed by atoms with Gasteiger partial charge in [-0.3, -0.25) is 0 Å². The number of rotatable bonds is 0. The van der Waals surface area contributed by atoms with Gasteiger partial charge in [0.1, 0.15) is 0 Å². The molecular weight excluding hydrogens is 474 g/mol. The van der Waals surface area contributed by atoms with Crippen molar-refractivity contribution >= 4 is 43.9 Å². The predicted molar refractivity (Wildman–Crippen MR) is 23.0 cm³/mol. The fourth-order valence-corrected chi connectivity index (χ4v) is 0. The van der Waals surface area contributed by atoms with Crippen LogP contribution in [0.2, 0.25) is 0 Å². The van der Waals surface area contributed by atoms with E-state index in [1.165, 1.54) is 0 Å². The molecule has 0 nitrogen and oxygen atoms in total. The van der Waals surface area contributed by atoms with Gasteiger partial charge in [-0.15, -0.1) is 0 Å². The molecule has 0 aromatic heterocycles. The van der Waals surface area contributed by atoms with Gasteiger partial charge in [-0.05, 0) is 0 Å². The minimum absolute atomic E-state index is 0. The Labute approximate surface area is 174 Å². The Bertz CT molecular complexity index is 20.6. The van der Waals surface area contributed by atoms with E-state index in [9.17, 15) is 0 Å². The monoisotopic (exact) mass is 474 g/mol. The van der Waals surface area contributed by atoms with Crippen LogP contribution in [0.15, 0.2) is 0 Å². The van der Waals surface area contributed by atoms with E-state index in [0.29, 0.717) is 0 Å². The third kappa shape index (κ3) is 5090. The Morgan fingerprint density at radius 3 is 0.136 bits per heavy atom. The molecule has 0 radical (unpaired) electrons. The van der Waals surface area contributed by atoms with Crippen molar-refractivity contribution < 1.29 is 131 Å². The molecule has 0 bridgehead atoms. The maximum Gasteiger partial charge on any atom is 4.00 e. The average molecular weight is 474 g/mol. The van der Waals surface area contributed by atoms with Gasteiger partial charge in [-0.2, -0.15) is 0 Å². The van der Waals surface area contributed by atoms with Gasteiger partial charge >= 0.3 is 95.2 Å². The van der Waals surface area contributed by atoms with Gasteiger partial charge in [0.15, 0.2) is 0 Å². The SMILES string of the molecule is [F-].[F-].[F-].[F-].[F-].[F-].[F-].[F-].[F-].[F-].[F-].[F-].[F-].[F-].[F-].[F-].[F-].[K+].[Si+4].[Si+4].[Si+4].[Si+4]. The summed E-state index contributed by atoms with van der Waals surface area (Å²) in [4.78, 5) is 0. The third-order valence-corrected chi connectivity index (χ3v) is 0. The summed E-state index contributed by atoms with van der Waals surface area (Å²) in [5.41, 5.74) is 0. The second-order valence-corrected chi connectivity index (χ2v) is 0. The summed E-state index contributed by atoms with van der Waals surface area (Å²) in [6, 6.07) is 0. The minimum atomic E-state index is 0. The van der Waals surface area contributed by atoms with Crippen LogP contribution in [0, 0.1) is 0 Å². The van der Waals surface area contributed by atoms with E-state index in [2.05, 4.69) is 0 Å². The summed E-state index contributed by atoms with van der Waals surface area (Å²) in [5.74, 6) is 0. The zero-order chi connectivity index (χ0) is 0. The van der Waals surface area contributed by atoms with Crippen molar-refractivity contribution in [1.29, 1.82) is 0 Å². The smallest absolute Gasteiger partial charge is 1.00 e. The van der Waals surface area contributed by atoms with E-state index in [-0.39, 0.29) is 175 Å². The van der Waals surface area contributed by atoms with Crippen molar-refractivity contribution in [3.63, 3.8) is 0 Å². The van der Waals surface area contributed by atoms with Crippen LogP contribution in [0.4, 0.5) is 0 Å². The van der Waals surface area contributed by atoms with Gasteiger partial charge in [-0.25, -0.2) is 0 Å². The van der Waals surface area contributed by atoms with Crippen LogP contribution in [0.1, 0.15) is 0 Å². The van der Waals surface area contributed by atoms with Crippen LogP contribution in [0.3, 0.4) is 0 Å². The molecule has 22 heavy (non-hydrogen) atoms. The Balaban J connectivity index is 0. The first-order valence-corrected chi connectivity index (χ1v) is 0. The summed E-state index contributed by atoms with van der Waals surface area (Å²) < 4.78 is 0. The number of hydrogen-bond acceptors (Lipinski definition) is 0. The normalized spacial score (nSPS) is 0. The van der Waals surface area contributed by atoms with Crippen LogP contribution in [0.25, 0.3) is 0 Å². The summed E-state index contributed by atoms with van der Waals surface area (Å²) in [6.07, 6.45) is 0. The summed E-state index contributed by atoms with van der Waals surface area (Å²) >= 11 is 0. The molecule has 0 unspecified atom stereocenters. The van der Waals surface area contributed by atoms with Crippen LogP contribution in [0.5, 0.6) is 0 Å². The van der Waals surface area contributed by atoms with E-state index in [0.717, 1.165) is 0 Å². The molecule has 136 valence electrons. The fraction of sp³-hybridized carbons (Fsp3) is 0. The van der Waals surface area contributed by atoms with Gasteiger partial charge in [-0.1, -0.05) is 0 Å². The van der Waals surface area contributed by atoms with Crippen molar-refractivity contribution in [2.75, 3.05) is 0 Å². The first kappa shape index (κ1) is 6720. The van der Waals surface area contributed by atoms with Crippen molar-refractivity contribution in [1.82, 2.24) is 0 Å². The van der Waals surface area contributed by atoms with Gasteiger partial charge in [0.25, 0.3) is 0 Å². The van der Waals surface area contributed by atoms with Crippen LogP contribution in [-0.2, 0) is 0 Å². The van der Waals surface area contributed by atoms with Gasteiger partial charge in [0.05, 0.1) is 0 Å². The fourth-order valence-electron chi connectivity index (χ4n) is 0. The van der Waals surface area contributed by atoms with Crippen molar-refractivity contribution in [3.8, 4) is 0 Å². The quantitative estimate of drug-likeness (QED) is 0.242. The van der Waals surface area contributed by atoms with Gasteiger partial charge < -0.3 is 80.0 Å². The van der Waals surface area contributed by atoms with E-state index in [1.807, 2.05) is 0 Å². The molecule has 0 aliphatic rings. The second-order valence-electron chi connectivity index (χ2n) is 0. The van der Waals surface area contributed by atoms with E-state index in [4.69, 9.17) is 0 Å². The van der Waals surface area contributed by atoms with Crippen LogP contribution < -0.4 is 131 Å². The molecule has 0 rings (SSSR count). The molecule has 0 aromatic carbocycles. The Kier molecular flexibility index (Phi) is 1790000. The Morgan fingerprint density at radius 2 is 0.136 bits per heavy atom. The summed E-state index contributed by atoms with van der Waals surface area (Å²) in [5, 5.41) is 0. The van der Waals surface area contributed by atoms with Crippen LogP contribution >= 0.6 is 0 Å². The Morgan fingerprint density at radius 1 is 0.136 bits per heavy atom. The molecule has 0 fully saturated rings. The van der Waals surface area contributed by atoms with Crippen molar-refractivity contribution in [2.45, 2.75) is 0 Å². The largest absolute Gasteiger partial charge is 4.00 e. The molecule has 0 atom stereocenters. The van der Waals surface area contributed by atoms with E-state index in [1.54, 1.807) is 0 Å². The first-order chi connectivity index (χ1) is 0. The standard InChI is InChI=1S/17FH.K.4Si/h17*1H;;;;;/q;;;;;;;;;;;;;;;;;+1;4*+4/p-17. The molecule has 22 heteroatoms. The molecule has 0 aliphatic heterocycles. The van der Waals surface area contributed by atoms with Crippen LogP contribution in [-0.4, -0.2) is 43.9 Å². The average Bonchev–Trinajstić information content (AvgIpc) is 0. The van der Waals surface area contributed by atoms with E-state index < -0.39 is 0 Å². The molecule has 0 spiro atoms.